The van der Waals surface area contributed by atoms with Gasteiger partial charge in [0.15, 0.2) is 0 Å². The molecule has 0 atom stereocenters. The number of nitrogens with one attached hydrogen (secondary N) is 1. The molecule has 2 aromatic rings. The van der Waals surface area contributed by atoms with Gasteiger partial charge in [-0.1, -0.05) is 66.7 Å². The van der Waals surface area contributed by atoms with Gasteiger partial charge >= 0.3 is 0 Å². The number of benzene rings is 2. The monoisotopic (exact) mass is 265 g/mol. The molecular weight excluding hydrogens is 250 g/mol. The minimum atomic E-state index is -0.596. The average Bonchev–Trinajstić information content (AvgIpc) is 2.52. The van der Waals surface area contributed by atoms with Gasteiger partial charge in [0.2, 0.25) is 5.78 Å². The van der Waals surface area contributed by atoms with Crippen LogP contribution in [0.1, 0.15) is 11.1 Å². The predicted octanol–water partition coefficient (Wildman–Crippen LogP) is 2.59. The van der Waals surface area contributed by atoms with E-state index in [2.05, 4.69) is 5.32 Å². The molecule has 3 nitrogen and oxygen atoms in total. The second-order valence-corrected chi connectivity index (χ2v) is 4.28. The molecule has 0 bridgehead atoms. The maximum Gasteiger partial charge on any atom is 0.292 e. The molecule has 3 heteroatoms. The largest absolute Gasteiger partial charge is 0.345 e. The lowest BCUT2D eigenvalue weighted by atomic mass is 10.2. The number of rotatable bonds is 5. The first kappa shape index (κ1) is 13.7. The van der Waals surface area contributed by atoms with Crippen LogP contribution >= 0.6 is 0 Å². The highest BCUT2D eigenvalue weighted by Gasteiger charge is 2.08. The van der Waals surface area contributed by atoms with E-state index in [4.69, 9.17) is 0 Å². The molecule has 0 aliphatic carbocycles. The summed E-state index contributed by atoms with van der Waals surface area (Å²) in [6.07, 6.45) is 2.92. The van der Waals surface area contributed by atoms with Crippen molar-refractivity contribution in [2.24, 2.45) is 0 Å². The fraction of sp³-hybridized carbons (Fsp3) is 0.0588. The van der Waals surface area contributed by atoms with E-state index in [1.54, 1.807) is 6.08 Å². The van der Waals surface area contributed by atoms with Crippen LogP contribution in [0.25, 0.3) is 6.08 Å². The molecule has 2 aromatic carbocycles. The second-order valence-electron chi connectivity index (χ2n) is 4.28. The summed E-state index contributed by atoms with van der Waals surface area (Å²) in [5.74, 6) is -1.15. The van der Waals surface area contributed by atoms with E-state index in [-0.39, 0.29) is 0 Å². The Balaban J connectivity index is 1.86. The fourth-order valence-corrected chi connectivity index (χ4v) is 1.68. The average molecular weight is 265 g/mol. The molecule has 0 unspecified atom stereocenters. The molecular formula is C17H15NO2. The van der Waals surface area contributed by atoms with Crippen LogP contribution < -0.4 is 5.32 Å². The summed E-state index contributed by atoms with van der Waals surface area (Å²) in [6.45, 7) is 0.352. The normalized spacial score (nSPS) is 10.4. The first-order valence-electron chi connectivity index (χ1n) is 6.35. The van der Waals surface area contributed by atoms with Crippen LogP contribution in [0, 0.1) is 0 Å². The SMILES string of the molecule is O=C(/C=C/c1ccccc1)C(=O)NCc1ccccc1. The Kier molecular flexibility index (Phi) is 4.84. The zero-order valence-corrected chi connectivity index (χ0v) is 11.0. The lowest BCUT2D eigenvalue weighted by Gasteiger charge is -2.02. The van der Waals surface area contributed by atoms with Gasteiger partial charge in [-0.2, -0.15) is 0 Å². The molecule has 0 fully saturated rings. The van der Waals surface area contributed by atoms with Crippen molar-refractivity contribution >= 4 is 17.8 Å². The molecule has 1 amide bonds. The summed E-state index contributed by atoms with van der Waals surface area (Å²) in [6, 6.07) is 18.8. The van der Waals surface area contributed by atoms with Crippen LogP contribution in [0.3, 0.4) is 0 Å². The molecule has 0 saturated carbocycles. The summed E-state index contributed by atoms with van der Waals surface area (Å²) in [5.41, 5.74) is 1.84. The Labute approximate surface area is 117 Å². The Morgan fingerprint density at radius 1 is 0.900 bits per heavy atom. The highest BCUT2D eigenvalue weighted by molar-refractivity contribution is 6.41. The molecule has 100 valence electrons. The van der Waals surface area contributed by atoms with Gasteiger partial charge in [-0.25, -0.2) is 0 Å². The van der Waals surface area contributed by atoms with Gasteiger partial charge in [-0.05, 0) is 17.2 Å². The third kappa shape index (κ3) is 4.21. The van der Waals surface area contributed by atoms with Crippen molar-refractivity contribution in [2.75, 3.05) is 0 Å². The molecule has 0 aromatic heterocycles. The number of hydrogen-bond acceptors (Lipinski definition) is 2. The second kappa shape index (κ2) is 7.04. The molecule has 0 aliphatic heterocycles. The lowest BCUT2D eigenvalue weighted by molar-refractivity contribution is -0.135. The molecule has 0 saturated heterocycles. The van der Waals surface area contributed by atoms with E-state index in [1.165, 1.54) is 6.08 Å². The molecule has 1 N–H and O–H groups in total. The Hall–Kier alpha value is -2.68. The number of carbonyl (C=O) groups is 2. The van der Waals surface area contributed by atoms with E-state index < -0.39 is 11.7 Å². The standard InChI is InChI=1S/C17H15NO2/c19-16(12-11-14-7-3-1-4-8-14)17(20)18-13-15-9-5-2-6-10-15/h1-12H,13H2,(H,18,20)/b12-11+. The number of ketones is 1. The van der Waals surface area contributed by atoms with Gasteiger partial charge in [-0.3, -0.25) is 9.59 Å². The van der Waals surface area contributed by atoms with E-state index in [0.717, 1.165) is 11.1 Å². The van der Waals surface area contributed by atoms with Crippen molar-refractivity contribution in [2.45, 2.75) is 6.54 Å². The van der Waals surface area contributed by atoms with Crippen LogP contribution in [0.5, 0.6) is 0 Å². The van der Waals surface area contributed by atoms with Gasteiger partial charge in [-0.15, -0.1) is 0 Å². The maximum absolute atomic E-state index is 11.6. The van der Waals surface area contributed by atoms with Crippen LogP contribution in [-0.4, -0.2) is 11.7 Å². The summed E-state index contributed by atoms with van der Waals surface area (Å²) >= 11 is 0. The smallest absolute Gasteiger partial charge is 0.292 e. The van der Waals surface area contributed by atoms with Crippen molar-refractivity contribution in [3.05, 3.63) is 77.9 Å². The highest BCUT2D eigenvalue weighted by Crippen LogP contribution is 2.01. The van der Waals surface area contributed by atoms with Crippen LogP contribution in [-0.2, 0) is 16.1 Å². The van der Waals surface area contributed by atoms with Crippen molar-refractivity contribution < 1.29 is 9.59 Å². The fourth-order valence-electron chi connectivity index (χ4n) is 1.68. The van der Waals surface area contributed by atoms with Crippen LogP contribution in [0.2, 0.25) is 0 Å². The summed E-state index contributed by atoms with van der Waals surface area (Å²) in [4.78, 5) is 23.3. The lowest BCUT2D eigenvalue weighted by Crippen LogP contribution is -2.29. The zero-order chi connectivity index (χ0) is 14.2. The first-order valence-corrected chi connectivity index (χ1v) is 6.35. The minimum absolute atomic E-state index is 0.352. The van der Waals surface area contributed by atoms with Gasteiger partial charge in [0.25, 0.3) is 5.91 Å². The van der Waals surface area contributed by atoms with Crippen LogP contribution in [0.15, 0.2) is 66.7 Å². The van der Waals surface area contributed by atoms with Crippen LogP contribution in [0.4, 0.5) is 0 Å². The van der Waals surface area contributed by atoms with E-state index in [0.29, 0.717) is 6.54 Å². The van der Waals surface area contributed by atoms with Crippen molar-refractivity contribution in [1.29, 1.82) is 0 Å². The Morgan fingerprint density at radius 2 is 1.50 bits per heavy atom. The summed E-state index contributed by atoms with van der Waals surface area (Å²) in [7, 11) is 0. The molecule has 0 radical (unpaired) electrons. The van der Waals surface area contributed by atoms with Gasteiger partial charge < -0.3 is 5.32 Å². The Bertz CT molecular complexity index is 603. The number of carbonyl (C=O) groups excluding carboxylic acids is 2. The summed E-state index contributed by atoms with van der Waals surface area (Å²) in [5, 5.41) is 2.60. The maximum atomic E-state index is 11.6. The third-order valence-electron chi connectivity index (χ3n) is 2.75. The molecule has 0 heterocycles. The minimum Gasteiger partial charge on any atom is -0.345 e. The Morgan fingerprint density at radius 3 is 2.15 bits per heavy atom. The van der Waals surface area contributed by atoms with E-state index >= 15 is 0 Å². The number of hydrogen-bond donors (Lipinski definition) is 1. The zero-order valence-electron chi connectivity index (χ0n) is 11.0. The van der Waals surface area contributed by atoms with Gasteiger partial charge in [0, 0.05) is 6.54 Å². The van der Waals surface area contributed by atoms with E-state index in [9.17, 15) is 9.59 Å². The topological polar surface area (TPSA) is 46.2 Å². The van der Waals surface area contributed by atoms with Crippen molar-refractivity contribution in [3.8, 4) is 0 Å². The number of amides is 1. The van der Waals surface area contributed by atoms with E-state index in [1.807, 2.05) is 60.7 Å². The quantitative estimate of drug-likeness (QED) is 0.667. The predicted molar refractivity (Wildman–Crippen MR) is 78.8 cm³/mol. The molecule has 2 rings (SSSR count). The van der Waals surface area contributed by atoms with Crippen molar-refractivity contribution in [3.63, 3.8) is 0 Å². The molecule has 0 aliphatic rings. The molecule has 0 spiro atoms. The van der Waals surface area contributed by atoms with Gasteiger partial charge in [0.05, 0.1) is 0 Å². The first-order chi connectivity index (χ1) is 9.75. The molecule has 20 heavy (non-hydrogen) atoms. The van der Waals surface area contributed by atoms with Crippen molar-refractivity contribution in [1.82, 2.24) is 5.32 Å². The highest BCUT2D eigenvalue weighted by atomic mass is 16.2. The van der Waals surface area contributed by atoms with Gasteiger partial charge in [0.1, 0.15) is 0 Å². The summed E-state index contributed by atoms with van der Waals surface area (Å²) < 4.78 is 0. The third-order valence-corrected chi connectivity index (χ3v) is 2.75.